The highest BCUT2D eigenvalue weighted by atomic mass is 32.1. The molecule has 0 bridgehead atoms. The van der Waals surface area contributed by atoms with Gasteiger partial charge in [0.25, 0.3) is 0 Å². The van der Waals surface area contributed by atoms with Gasteiger partial charge in [-0.05, 0) is 49.5 Å². The summed E-state index contributed by atoms with van der Waals surface area (Å²) in [5, 5.41) is 5.49. The number of unbranched alkanes of at least 4 members (excludes halogenated alkanes) is 1. The van der Waals surface area contributed by atoms with Gasteiger partial charge in [0.2, 0.25) is 5.88 Å². The number of alkyl halides is 1. The number of anilines is 1. The van der Waals surface area contributed by atoms with Crippen molar-refractivity contribution in [2.75, 3.05) is 45.2 Å². The molecule has 2 N–H and O–H groups in total. The first-order chi connectivity index (χ1) is 16.9. The van der Waals surface area contributed by atoms with Crippen molar-refractivity contribution in [3.63, 3.8) is 0 Å². The molecule has 9 nitrogen and oxygen atoms in total. The van der Waals surface area contributed by atoms with Gasteiger partial charge in [-0.2, -0.15) is 4.37 Å². The van der Waals surface area contributed by atoms with Crippen LogP contribution in [0.4, 0.5) is 18.6 Å². The number of esters is 1. The number of ether oxygens (including phenoxy) is 3. The Morgan fingerprint density at radius 2 is 2.20 bits per heavy atom. The van der Waals surface area contributed by atoms with E-state index in [0.29, 0.717) is 38.3 Å². The van der Waals surface area contributed by atoms with E-state index in [-0.39, 0.29) is 28.6 Å². The number of halogens is 2. The van der Waals surface area contributed by atoms with Crippen LogP contribution in [0.1, 0.15) is 40.7 Å². The third-order valence-electron chi connectivity index (χ3n) is 5.90. The average molecular weight is 511 g/mol. The number of hydrogen-bond acceptors (Lipinski definition) is 8. The van der Waals surface area contributed by atoms with Gasteiger partial charge in [-0.3, -0.25) is 5.32 Å². The SMILES string of the molecule is COC(=O)c1c(OCc2cc3c(cc2F)CCO3)nsc1NC(=O)NCCCCN1CC[C@H](F)C1. The van der Waals surface area contributed by atoms with Crippen LogP contribution in [0, 0.1) is 5.82 Å². The van der Waals surface area contributed by atoms with Crippen LogP contribution >= 0.6 is 11.5 Å². The number of carbonyl (C=O) groups excluding carboxylic acids is 2. The molecular formula is C23H28F2N4O5S. The molecule has 0 saturated carbocycles. The summed E-state index contributed by atoms with van der Waals surface area (Å²) in [4.78, 5) is 26.7. The first-order valence-electron chi connectivity index (χ1n) is 11.5. The molecule has 35 heavy (non-hydrogen) atoms. The van der Waals surface area contributed by atoms with Crippen molar-refractivity contribution in [1.29, 1.82) is 0 Å². The molecular weight excluding hydrogens is 482 g/mol. The third-order valence-corrected chi connectivity index (χ3v) is 6.65. The van der Waals surface area contributed by atoms with E-state index in [1.54, 1.807) is 6.07 Å². The molecule has 0 aliphatic carbocycles. The van der Waals surface area contributed by atoms with Crippen molar-refractivity contribution in [2.45, 2.75) is 38.5 Å². The van der Waals surface area contributed by atoms with Crippen LogP contribution in [0.2, 0.25) is 0 Å². The maximum absolute atomic E-state index is 14.4. The highest BCUT2D eigenvalue weighted by molar-refractivity contribution is 7.11. The molecule has 1 saturated heterocycles. The van der Waals surface area contributed by atoms with E-state index in [1.165, 1.54) is 13.2 Å². The Bertz CT molecular complexity index is 1070. The van der Waals surface area contributed by atoms with Gasteiger partial charge in [0.1, 0.15) is 29.3 Å². The number of nitrogens with one attached hydrogen (secondary N) is 2. The monoisotopic (exact) mass is 510 g/mol. The van der Waals surface area contributed by atoms with Crippen molar-refractivity contribution in [1.82, 2.24) is 14.6 Å². The number of fused-ring (bicyclic) bond motifs is 1. The predicted molar refractivity (Wildman–Crippen MR) is 126 cm³/mol. The number of urea groups is 1. The molecule has 2 amide bonds. The van der Waals surface area contributed by atoms with E-state index in [0.717, 1.165) is 43.0 Å². The standard InChI is InChI=1S/C23H28F2N4O5S/c1-32-22(30)19-20(34-13-15-11-18-14(5-9-33-18)10-17(15)25)28-35-21(19)27-23(31)26-6-2-3-7-29-8-4-16(24)12-29/h10-11,16H,2-9,12-13H2,1H3,(H2,26,27,31)/t16-/m0/s1. The zero-order chi connectivity index (χ0) is 24.8. The quantitative estimate of drug-likeness (QED) is 0.372. The maximum atomic E-state index is 14.4. The predicted octanol–water partition coefficient (Wildman–Crippen LogP) is 3.53. The van der Waals surface area contributed by atoms with Gasteiger partial charge in [-0.1, -0.05) is 0 Å². The number of likely N-dealkylation sites (tertiary alicyclic amines) is 1. The van der Waals surface area contributed by atoms with E-state index in [4.69, 9.17) is 14.2 Å². The molecule has 0 spiro atoms. The number of amides is 2. The lowest BCUT2D eigenvalue weighted by Crippen LogP contribution is -2.30. The molecule has 0 radical (unpaired) electrons. The van der Waals surface area contributed by atoms with Gasteiger partial charge in [0.15, 0.2) is 5.56 Å². The van der Waals surface area contributed by atoms with Gasteiger partial charge in [0, 0.05) is 37.2 Å². The lowest BCUT2D eigenvalue weighted by atomic mass is 10.1. The summed E-state index contributed by atoms with van der Waals surface area (Å²) in [5.41, 5.74) is 1.02. The van der Waals surface area contributed by atoms with E-state index in [9.17, 15) is 18.4 Å². The Morgan fingerprint density at radius 1 is 1.34 bits per heavy atom. The van der Waals surface area contributed by atoms with Crippen molar-refractivity contribution in [3.05, 3.63) is 34.6 Å². The largest absolute Gasteiger partial charge is 0.493 e. The topological polar surface area (TPSA) is 102 Å². The van der Waals surface area contributed by atoms with Crippen LogP contribution in [0.5, 0.6) is 11.6 Å². The second-order valence-corrected chi connectivity index (χ2v) is 9.17. The fourth-order valence-electron chi connectivity index (χ4n) is 4.03. The van der Waals surface area contributed by atoms with Crippen molar-refractivity contribution < 1.29 is 32.6 Å². The summed E-state index contributed by atoms with van der Waals surface area (Å²) < 4.78 is 47.6. The molecule has 3 heterocycles. The van der Waals surface area contributed by atoms with Crippen LogP contribution in [0.15, 0.2) is 12.1 Å². The van der Waals surface area contributed by atoms with E-state index < -0.39 is 24.0 Å². The maximum Gasteiger partial charge on any atom is 0.346 e. The minimum absolute atomic E-state index is 0.0414. The van der Waals surface area contributed by atoms with Crippen LogP contribution in [-0.2, 0) is 17.8 Å². The van der Waals surface area contributed by atoms with Crippen molar-refractivity contribution in [2.24, 2.45) is 0 Å². The van der Waals surface area contributed by atoms with Crippen LogP contribution in [0.3, 0.4) is 0 Å². The normalized spacial score (nSPS) is 17.1. The number of methoxy groups -OCH3 is 1. The summed E-state index contributed by atoms with van der Waals surface area (Å²) >= 11 is 0.860. The van der Waals surface area contributed by atoms with E-state index >= 15 is 0 Å². The second-order valence-electron chi connectivity index (χ2n) is 8.40. The number of carbonyl (C=O) groups is 2. The number of rotatable bonds is 10. The van der Waals surface area contributed by atoms with Gasteiger partial charge >= 0.3 is 12.0 Å². The number of benzene rings is 1. The number of nitrogens with zero attached hydrogens (tertiary/aromatic N) is 2. The Morgan fingerprint density at radius 3 is 2.97 bits per heavy atom. The van der Waals surface area contributed by atoms with Crippen LogP contribution in [0.25, 0.3) is 0 Å². The first kappa shape index (κ1) is 25.1. The fraction of sp³-hybridized carbons (Fsp3) is 0.522. The van der Waals surface area contributed by atoms with E-state index in [2.05, 4.69) is 19.9 Å². The zero-order valence-corrected chi connectivity index (χ0v) is 20.2. The summed E-state index contributed by atoms with van der Waals surface area (Å²) in [7, 11) is 1.20. The van der Waals surface area contributed by atoms with Gasteiger partial charge < -0.3 is 24.4 Å². The zero-order valence-electron chi connectivity index (χ0n) is 19.4. The molecule has 2 aromatic rings. The van der Waals surface area contributed by atoms with Gasteiger partial charge in [-0.15, -0.1) is 0 Å². The van der Waals surface area contributed by atoms with Crippen molar-refractivity contribution in [3.8, 4) is 11.6 Å². The molecule has 2 aliphatic rings. The Balaban J connectivity index is 1.30. The minimum Gasteiger partial charge on any atom is -0.493 e. The Labute approximate surface area is 205 Å². The average Bonchev–Trinajstić information content (AvgIpc) is 3.56. The van der Waals surface area contributed by atoms with E-state index in [1.807, 2.05) is 0 Å². The molecule has 2 aliphatic heterocycles. The highest BCUT2D eigenvalue weighted by Gasteiger charge is 2.26. The second kappa shape index (κ2) is 11.6. The molecule has 1 atom stereocenters. The van der Waals surface area contributed by atoms with Crippen LogP contribution in [-0.4, -0.2) is 67.3 Å². The highest BCUT2D eigenvalue weighted by Crippen LogP contribution is 2.33. The molecule has 12 heteroatoms. The Hall–Kier alpha value is -2.99. The Kier molecular flexibility index (Phi) is 8.34. The molecule has 1 aromatic heterocycles. The molecule has 1 aromatic carbocycles. The number of hydrogen-bond donors (Lipinski definition) is 2. The van der Waals surface area contributed by atoms with Gasteiger partial charge in [-0.25, -0.2) is 18.4 Å². The fourth-order valence-corrected chi connectivity index (χ4v) is 4.75. The molecule has 0 unspecified atom stereocenters. The molecule has 190 valence electrons. The van der Waals surface area contributed by atoms with Gasteiger partial charge in [0.05, 0.1) is 13.7 Å². The summed E-state index contributed by atoms with van der Waals surface area (Å²) in [6.45, 7) is 2.80. The lowest BCUT2D eigenvalue weighted by molar-refractivity contribution is 0.0596. The summed E-state index contributed by atoms with van der Waals surface area (Å²) in [6.07, 6.45) is 2.07. The smallest absolute Gasteiger partial charge is 0.346 e. The number of aromatic nitrogens is 1. The molecule has 1 fully saturated rings. The van der Waals surface area contributed by atoms with Crippen molar-refractivity contribution >= 4 is 28.5 Å². The first-order valence-corrected chi connectivity index (χ1v) is 12.3. The summed E-state index contributed by atoms with van der Waals surface area (Å²) in [5.74, 6) is -0.619. The minimum atomic E-state index is -0.738. The van der Waals surface area contributed by atoms with Crippen LogP contribution < -0.4 is 20.1 Å². The third kappa shape index (κ3) is 6.37. The molecule has 4 rings (SSSR count). The lowest BCUT2D eigenvalue weighted by Gasteiger charge is -2.14. The summed E-state index contributed by atoms with van der Waals surface area (Å²) in [6, 6.07) is 2.50.